The molecular weight excluding hydrogens is 485 g/mol. The molecule has 1 heterocycles. The molecule has 1 N–H and O–H groups in total. The summed E-state index contributed by atoms with van der Waals surface area (Å²) in [6, 6.07) is 23.6. The number of halogens is 1. The summed E-state index contributed by atoms with van der Waals surface area (Å²) >= 11 is 0. The molecule has 2 aliphatic carbocycles. The second-order valence-corrected chi connectivity index (χ2v) is 11.8. The summed E-state index contributed by atoms with van der Waals surface area (Å²) < 4.78 is 43.1. The molecule has 1 saturated carbocycles. The lowest BCUT2D eigenvalue weighted by molar-refractivity contribution is 0.413. The Morgan fingerprint density at radius 1 is 0.946 bits per heavy atom. The van der Waals surface area contributed by atoms with Crippen molar-refractivity contribution < 1.29 is 12.8 Å². The fourth-order valence-corrected chi connectivity index (χ4v) is 7.07. The van der Waals surface area contributed by atoms with E-state index >= 15 is 0 Å². The molecule has 0 saturated heterocycles. The number of allylic oxidation sites excluding steroid dienone is 1. The molecule has 1 aromatic heterocycles. The number of nitrogens with one attached hydrogen (secondary N) is 1. The molecule has 0 amide bonds. The zero-order valence-corrected chi connectivity index (χ0v) is 21.4. The van der Waals surface area contributed by atoms with Crippen LogP contribution in [0.1, 0.15) is 47.2 Å². The van der Waals surface area contributed by atoms with E-state index < -0.39 is 15.4 Å². The molecule has 6 rings (SSSR count). The van der Waals surface area contributed by atoms with Gasteiger partial charge in [-0.2, -0.15) is 5.10 Å². The largest absolute Gasteiger partial charge is 0.280 e. The number of hydrogen-bond donors (Lipinski definition) is 1. The smallest absolute Gasteiger partial charge is 0.265 e. The zero-order chi connectivity index (χ0) is 25.6. The van der Waals surface area contributed by atoms with Crippen molar-refractivity contribution in [3.05, 3.63) is 119 Å². The Kier molecular flexibility index (Phi) is 5.75. The minimum absolute atomic E-state index is 0.120. The Labute approximate surface area is 216 Å². The van der Waals surface area contributed by atoms with E-state index in [-0.39, 0.29) is 16.8 Å². The number of benzene rings is 3. The van der Waals surface area contributed by atoms with E-state index in [1.807, 2.05) is 55.5 Å². The molecule has 3 aromatic carbocycles. The summed E-state index contributed by atoms with van der Waals surface area (Å²) in [5, 5.41) is 7.75. The van der Waals surface area contributed by atoms with Crippen molar-refractivity contribution in [1.29, 1.82) is 0 Å². The normalized spacial score (nSPS) is 19.3. The predicted octanol–water partition coefficient (Wildman–Crippen LogP) is 6.16. The van der Waals surface area contributed by atoms with Crippen LogP contribution in [0.4, 0.5) is 10.2 Å². The van der Waals surface area contributed by atoms with Gasteiger partial charge in [0.05, 0.1) is 4.90 Å². The molecule has 188 valence electrons. The second-order valence-electron chi connectivity index (χ2n) is 9.99. The van der Waals surface area contributed by atoms with Crippen LogP contribution in [-0.4, -0.2) is 24.7 Å². The van der Waals surface area contributed by atoms with Gasteiger partial charge in [-0.15, -0.1) is 0 Å². The van der Waals surface area contributed by atoms with Gasteiger partial charge in [-0.05, 0) is 61.6 Å². The number of sulfonamides is 1. The molecule has 2 aliphatic rings. The Bertz CT molecular complexity index is 1560. The van der Waals surface area contributed by atoms with Crippen LogP contribution in [0.15, 0.2) is 89.8 Å². The first kappa shape index (κ1) is 23.7. The van der Waals surface area contributed by atoms with Gasteiger partial charge in [-0.3, -0.25) is 5.10 Å². The SMILES string of the molecule is Cc1ccc(S(=O)(=O)N(c2n[nH]c3c2C=CC(c2ccccc2)(c2ccc(F)cc2)C3)C2CCC2)cc1. The molecule has 7 heteroatoms. The number of aromatic nitrogens is 2. The molecule has 1 unspecified atom stereocenters. The number of H-pyrrole nitrogens is 1. The maximum atomic E-state index is 13.9. The second kappa shape index (κ2) is 8.99. The number of nitrogens with zero attached hydrogens (tertiary/aromatic N) is 2. The molecule has 1 atom stereocenters. The fourth-order valence-electron chi connectivity index (χ4n) is 5.39. The van der Waals surface area contributed by atoms with Gasteiger partial charge in [0.25, 0.3) is 10.0 Å². The van der Waals surface area contributed by atoms with Gasteiger partial charge in [0, 0.05) is 29.1 Å². The van der Waals surface area contributed by atoms with Gasteiger partial charge in [0.15, 0.2) is 5.82 Å². The molecule has 4 aromatic rings. The van der Waals surface area contributed by atoms with E-state index in [4.69, 9.17) is 0 Å². The summed E-state index contributed by atoms with van der Waals surface area (Å²) in [6.07, 6.45) is 7.23. The van der Waals surface area contributed by atoms with Gasteiger partial charge in [-0.1, -0.05) is 72.3 Å². The highest BCUT2D eigenvalue weighted by Gasteiger charge is 2.41. The molecule has 1 fully saturated rings. The van der Waals surface area contributed by atoms with Crippen molar-refractivity contribution in [2.75, 3.05) is 4.31 Å². The lowest BCUT2D eigenvalue weighted by Gasteiger charge is -2.38. The van der Waals surface area contributed by atoms with Gasteiger partial charge in [-0.25, -0.2) is 17.1 Å². The Morgan fingerprint density at radius 3 is 2.27 bits per heavy atom. The number of fused-ring (bicyclic) bond motifs is 1. The summed E-state index contributed by atoms with van der Waals surface area (Å²) in [4.78, 5) is 0.270. The molecule has 0 radical (unpaired) electrons. The van der Waals surface area contributed by atoms with Crippen molar-refractivity contribution in [2.24, 2.45) is 0 Å². The van der Waals surface area contributed by atoms with E-state index in [1.54, 1.807) is 12.1 Å². The molecule has 0 bridgehead atoms. The minimum Gasteiger partial charge on any atom is -0.280 e. The molecule has 0 aliphatic heterocycles. The monoisotopic (exact) mass is 513 g/mol. The van der Waals surface area contributed by atoms with Crippen molar-refractivity contribution in [3.63, 3.8) is 0 Å². The third kappa shape index (κ3) is 3.98. The summed E-state index contributed by atoms with van der Waals surface area (Å²) in [6.45, 7) is 1.94. The third-order valence-corrected chi connectivity index (χ3v) is 9.55. The first-order valence-electron chi connectivity index (χ1n) is 12.6. The van der Waals surface area contributed by atoms with Gasteiger partial charge >= 0.3 is 0 Å². The van der Waals surface area contributed by atoms with Crippen LogP contribution in [-0.2, 0) is 21.9 Å². The van der Waals surface area contributed by atoms with E-state index in [9.17, 15) is 12.8 Å². The first-order chi connectivity index (χ1) is 17.9. The number of hydrogen-bond acceptors (Lipinski definition) is 3. The van der Waals surface area contributed by atoms with E-state index in [0.29, 0.717) is 12.2 Å². The van der Waals surface area contributed by atoms with Gasteiger partial charge in [0.2, 0.25) is 0 Å². The fraction of sp³-hybridized carbons (Fsp3) is 0.233. The minimum atomic E-state index is -3.80. The van der Waals surface area contributed by atoms with E-state index in [1.165, 1.54) is 16.4 Å². The molecule has 37 heavy (non-hydrogen) atoms. The number of anilines is 1. The number of aryl methyl sites for hydroxylation is 1. The zero-order valence-electron chi connectivity index (χ0n) is 20.6. The van der Waals surface area contributed by atoms with Crippen LogP contribution in [0, 0.1) is 12.7 Å². The van der Waals surface area contributed by atoms with Crippen LogP contribution in [0.2, 0.25) is 0 Å². The van der Waals surface area contributed by atoms with Gasteiger partial charge < -0.3 is 0 Å². The quantitative estimate of drug-likeness (QED) is 0.336. The highest BCUT2D eigenvalue weighted by atomic mass is 32.2. The maximum Gasteiger partial charge on any atom is 0.265 e. The first-order valence-corrected chi connectivity index (χ1v) is 14.0. The van der Waals surface area contributed by atoms with Crippen molar-refractivity contribution in [3.8, 4) is 0 Å². The summed E-state index contributed by atoms with van der Waals surface area (Å²) in [5.74, 6) is 0.158. The Morgan fingerprint density at radius 2 is 1.62 bits per heavy atom. The molecule has 0 spiro atoms. The van der Waals surface area contributed by atoms with E-state index in [2.05, 4.69) is 28.4 Å². The van der Waals surface area contributed by atoms with Crippen LogP contribution in [0.5, 0.6) is 0 Å². The molecular formula is C30H28FN3O2S. The summed E-state index contributed by atoms with van der Waals surface area (Å²) in [5.41, 5.74) is 4.14. The van der Waals surface area contributed by atoms with E-state index in [0.717, 1.165) is 47.2 Å². The maximum absolute atomic E-state index is 13.9. The summed E-state index contributed by atoms with van der Waals surface area (Å²) in [7, 11) is -3.80. The lowest BCUT2D eigenvalue weighted by atomic mass is 9.68. The standard InChI is InChI=1S/C30H28FN3O2S/c1-21-10-16-26(17-11-21)37(35,36)34(25-8-5-9-25)29-27-18-19-30(20-28(27)32-33-29,22-6-3-2-4-7-22)23-12-14-24(31)15-13-23/h2-4,6-7,10-19,25H,5,8-9,20H2,1H3,(H,32,33). The van der Waals surface area contributed by atoms with Gasteiger partial charge in [0.1, 0.15) is 5.82 Å². The van der Waals surface area contributed by atoms with Crippen LogP contribution < -0.4 is 4.31 Å². The van der Waals surface area contributed by atoms with Crippen LogP contribution >= 0.6 is 0 Å². The van der Waals surface area contributed by atoms with Crippen LogP contribution in [0.3, 0.4) is 0 Å². The Hall–Kier alpha value is -3.71. The predicted molar refractivity (Wildman–Crippen MR) is 143 cm³/mol. The van der Waals surface area contributed by atoms with Crippen molar-refractivity contribution in [2.45, 2.75) is 49.0 Å². The lowest BCUT2D eigenvalue weighted by Crippen LogP contribution is -2.45. The average Bonchev–Trinajstić information content (AvgIpc) is 3.29. The highest BCUT2D eigenvalue weighted by Crippen LogP contribution is 2.44. The number of rotatable bonds is 6. The topological polar surface area (TPSA) is 66.1 Å². The van der Waals surface area contributed by atoms with Crippen molar-refractivity contribution in [1.82, 2.24) is 10.2 Å². The third-order valence-electron chi connectivity index (χ3n) is 7.69. The van der Waals surface area contributed by atoms with Crippen molar-refractivity contribution >= 4 is 21.9 Å². The number of aromatic amines is 1. The Balaban J connectivity index is 1.46. The molecule has 5 nitrogen and oxygen atoms in total. The van der Waals surface area contributed by atoms with Crippen LogP contribution in [0.25, 0.3) is 6.08 Å². The highest BCUT2D eigenvalue weighted by molar-refractivity contribution is 7.92. The average molecular weight is 514 g/mol.